The van der Waals surface area contributed by atoms with Crippen molar-refractivity contribution in [1.29, 1.82) is 0 Å². The number of nitrogens with two attached hydrogens (primary N) is 1. The van der Waals surface area contributed by atoms with Crippen LogP contribution in [-0.2, 0) is 23.9 Å². The van der Waals surface area contributed by atoms with Gasteiger partial charge in [0.2, 0.25) is 0 Å². The van der Waals surface area contributed by atoms with E-state index in [2.05, 4.69) is 20.5 Å². The van der Waals surface area contributed by atoms with Crippen LogP contribution in [0.25, 0.3) is 0 Å². The van der Waals surface area contributed by atoms with Gasteiger partial charge < -0.3 is 10.5 Å². The van der Waals surface area contributed by atoms with Crippen molar-refractivity contribution >= 4 is 12.0 Å². The number of benzene rings is 1. The van der Waals surface area contributed by atoms with E-state index in [-0.39, 0.29) is 6.54 Å². The summed E-state index contributed by atoms with van der Waals surface area (Å²) in [5.41, 5.74) is 8.57. The number of methoxy groups -OCH3 is 1. The van der Waals surface area contributed by atoms with Gasteiger partial charge in [0.1, 0.15) is 11.6 Å². The Hall–Kier alpha value is -2.52. The summed E-state index contributed by atoms with van der Waals surface area (Å²) in [6.45, 7) is 0.832. The van der Waals surface area contributed by atoms with Crippen molar-refractivity contribution in [2.75, 3.05) is 19.1 Å². The highest BCUT2D eigenvalue weighted by molar-refractivity contribution is 5.80. The Morgan fingerprint density at radius 1 is 1.27 bits per heavy atom. The summed E-state index contributed by atoms with van der Waals surface area (Å²) in [6.07, 6.45) is -1.72. The minimum Gasteiger partial charge on any atom is -0.385 e. The lowest BCUT2D eigenvalue weighted by atomic mass is 10.1. The summed E-state index contributed by atoms with van der Waals surface area (Å²) >= 11 is 0. The Balaban J connectivity index is 2.08. The van der Waals surface area contributed by atoms with Gasteiger partial charge in [-0.2, -0.15) is 18.3 Å². The summed E-state index contributed by atoms with van der Waals surface area (Å²) in [4.78, 5) is 8.63. The predicted molar refractivity (Wildman–Crippen MR) is 92.8 cm³/mol. The number of aromatic nitrogens is 2. The van der Waals surface area contributed by atoms with Gasteiger partial charge in [0.25, 0.3) is 0 Å². The minimum atomic E-state index is -4.39. The first-order chi connectivity index (χ1) is 12.4. The van der Waals surface area contributed by atoms with Crippen LogP contribution in [0.3, 0.4) is 0 Å². The van der Waals surface area contributed by atoms with Crippen molar-refractivity contribution in [2.24, 2.45) is 10.8 Å². The average molecular weight is 367 g/mol. The summed E-state index contributed by atoms with van der Waals surface area (Å²) in [7, 11) is 1.62. The lowest BCUT2D eigenvalue weighted by Crippen LogP contribution is -2.08. The number of hydrogen-bond donors (Lipinski definition) is 2. The number of hydrogen-bond acceptors (Lipinski definition) is 6. The molecule has 1 aromatic carbocycles. The smallest absolute Gasteiger partial charge is 0.385 e. The van der Waals surface area contributed by atoms with Gasteiger partial charge in [-0.05, 0) is 24.1 Å². The van der Waals surface area contributed by atoms with Crippen LogP contribution in [0.15, 0.2) is 35.4 Å². The molecule has 0 unspecified atom stereocenters. The maximum Gasteiger partial charge on any atom is 0.416 e. The molecule has 0 spiro atoms. The lowest BCUT2D eigenvalue weighted by molar-refractivity contribution is -0.137. The molecule has 26 heavy (non-hydrogen) atoms. The zero-order valence-corrected chi connectivity index (χ0v) is 14.3. The van der Waals surface area contributed by atoms with Crippen LogP contribution in [0, 0.1) is 0 Å². The van der Waals surface area contributed by atoms with E-state index in [1.807, 2.05) is 0 Å². The molecule has 2 aromatic rings. The Labute approximate surface area is 149 Å². The molecule has 0 amide bonds. The van der Waals surface area contributed by atoms with Crippen LogP contribution in [0.2, 0.25) is 0 Å². The van der Waals surface area contributed by atoms with Gasteiger partial charge in [-0.25, -0.2) is 9.97 Å². The maximum absolute atomic E-state index is 12.7. The van der Waals surface area contributed by atoms with Crippen LogP contribution in [0.1, 0.15) is 29.1 Å². The number of ether oxygens (including phenoxy) is 1. The Morgan fingerprint density at radius 2 is 2.08 bits per heavy atom. The van der Waals surface area contributed by atoms with Gasteiger partial charge in [-0.3, -0.25) is 5.43 Å². The summed E-state index contributed by atoms with van der Waals surface area (Å²) in [5, 5.41) is 3.95. The van der Waals surface area contributed by atoms with Crippen molar-refractivity contribution in [2.45, 2.75) is 25.6 Å². The molecule has 140 valence electrons. The largest absolute Gasteiger partial charge is 0.416 e. The van der Waals surface area contributed by atoms with E-state index in [1.54, 1.807) is 13.2 Å². The molecule has 0 bridgehead atoms. The molecule has 2 rings (SSSR count). The molecular formula is C17H20F3N5O. The Morgan fingerprint density at radius 3 is 2.77 bits per heavy atom. The zero-order chi connectivity index (χ0) is 19.0. The van der Waals surface area contributed by atoms with Crippen molar-refractivity contribution in [1.82, 2.24) is 9.97 Å². The zero-order valence-electron chi connectivity index (χ0n) is 14.3. The SMILES string of the molecule is COCCCc1nc(CN)cc(NN=Cc2cccc(C(F)(F)F)c2)n1. The number of halogens is 3. The van der Waals surface area contributed by atoms with Crippen LogP contribution in [-0.4, -0.2) is 29.9 Å². The van der Waals surface area contributed by atoms with Gasteiger partial charge in [0, 0.05) is 32.7 Å². The van der Waals surface area contributed by atoms with Gasteiger partial charge in [-0.1, -0.05) is 12.1 Å². The number of aryl methyl sites for hydroxylation is 1. The summed E-state index contributed by atoms with van der Waals surface area (Å²) in [5.74, 6) is 1.03. The third kappa shape index (κ3) is 6.08. The molecule has 0 fully saturated rings. The fourth-order valence-electron chi connectivity index (χ4n) is 2.17. The molecule has 3 N–H and O–H groups in total. The van der Waals surface area contributed by atoms with Crippen LogP contribution < -0.4 is 11.2 Å². The first-order valence-corrected chi connectivity index (χ1v) is 7.94. The number of anilines is 1. The molecule has 0 aliphatic rings. The van der Waals surface area contributed by atoms with Gasteiger partial charge in [0.15, 0.2) is 0 Å². The van der Waals surface area contributed by atoms with Crippen LogP contribution >= 0.6 is 0 Å². The van der Waals surface area contributed by atoms with E-state index in [9.17, 15) is 13.2 Å². The second-order valence-corrected chi connectivity index (χ2v) is 5.45. The second kappa shape index (κ2) is 9.25. The third-order valence-electron chi connectivity index (χ3n) is 3.39. The number of hydrazone groups is 1. The van der Waals surface area contributed by atoms with E-state index in [4.69, 9.17) is 10.5 Å². The van der Waals surface area contributed by atoms with E-state index in [1.165, 1.54) is 18.3 Å². The average Bonchev–Trinajstić information content (AvgIpc) is 2.61. The fraction of sp³-hybridized carbons (Fsp3) is 0.353. The van der Waals surface area contributed by atoms with Gasteiger partial charge in [0.05, 0.1) is 17.5 Å². The topological polar surface area (TPSA) is 85.4 Å². The second-order valence-electron chi connectivity index (χ2n) is 5.45. The van der Waals surface area contributed by atoms with Gasteiger partial charge in [-0.15, -0.1) is 0 Å². The van der Waals surface area contributed by atoms with Crippen molar-refractivity contribution in [3.05, 3.63) is 53.0 Å². The standard InChI is InChI=1S/C17H20F3N5O/c1-26-7-3-6-15-23-14(10-21)9-16(24-15)25-22-11-12-4-2-5-13(8-12)17(18,19)20/h2,4-5,8-9,11H,3,6-7,10,21H2,1H3,(H,23,24,25). The highest BCUT2D eigenvalue weighted by Crippen LogP contribution is 2.29. The van der Waals surface area contributed by atoms with Crippen LogP contribution in [0.4, 0.5) is 19.0 Å². The van der Waals surface area contributed by atoms with Crippen molar-refractivity contribution in [3.63, 3.8) is 0 Å². The molecular weight excluding hydrogens is 347 g/mol. The summed E-state index contributed by atoms with van der Waals surface area (Å²) < 4.78 is 43.1. The molecule has 6 nitrogen and oxygen atoms in total. The minimum absolute atomic E-state index is 0.242. The number of nitrogens with one attached hydrogen (secondary N) is 1. The summed E-state index contributed by atoms with van der Waals surface area (Å²) in [6, 6.07) is 6.53. The highest BCUT2D eigenvalue weighted by Gasteiger charge is 2.30. The van der Waals surface area contributed by atoms with Crippen molar-refractivity contribution in [3.8, 4) is 0 Å². The highest BCUT2D eigenvalue weighted by atomic mass is 19.4. The first kappa shape index (κ1) is 19.8. The van der Waals surface area contributed by atoms with Gasteiger partial charge >= 0.3 is 6.18 Å². The van der Waals surface area contributed by atoms with E-state index < -0.39 is 11.7 Å². The van der Waals surface area contributed by atoms with Crippen molar-refractivity contribution < 1.29 is 17.9 Å². The molecule has 0 atom stereocenters. The number of rotatable bonds is 8. The molecule has 1 heterocycles. The van der Waals surface area contributed by atoms with E-state index in [0.717, 1.165) is 18.6 Å². The maximum atomic E-state index is 12.7. The number of alkyl halides is 3. The molecule has 1 aromatic heterocycles. The molecule has 0 saturated heterocycles. The lowest BCUT2D eigenvalue weighted by Gasteiger charge is -2.07. The third-order valence-corrected chi connectivity index (χ3v) is 3.39. The first-order valence-electron chi connectivity index (χ1n) is 7.94. The Kier molecular flexibility index (Phi) is 7.05. The van der Waals surface area contributed by atoms with Crippen LogP contribution in [0.5, 0.6) is 0 Å². The Bertz CT molecular complexity index is 749. The molecule has 0 aliphatic heterocycles. The monoisotopic (exact) mass is 367 g/mol. The molecule has 0 saturated carbocycles. The normalized spacial score (nSPS) is 11.9. The fourth-order valence-corrected chi connectivity index (χ4v) is 2.17. The molecule has 9 heteroatoms. The molecule has 0 aliphatic carbocycles. The quantitative estimate of drug-likeness (QED) is 0.426. The van der Waals surface area contributed by atoms with E-state index >= 15 is 0 Å². The molecule has 0 radical (unpaired) electrons. The predicted octanol–water partition coefficient (Wildman–Crippen LogP) is 2.98. The van der Waals surface area contributed by atoms with E-state index in [0.29, 0.717) is 35.9 Å². The number of nitrogens with zero attached hydrogens (tertiary/aromatic N) is 3.